The molecule has 0 aliphatic carbocycles. The van der Waals surface area contributed by atoms with E-state index >= 15 is 0 Å². The molecule has 6 aromatic carbocycles. The first-order valence-electron chi connectivity index (χ1n) is 21.0. The minimum absolute atomic E-state index is 0.188. The van der Waals surface area contributed by atoms with Crippen LogP contribution in [0.4, 0.5) is 0 Å². The number of nitrogens with zero attached hydrogens (tertiary/aromatic N) is 4. The number of aryl methyl sites for hydroxylation is 1. The fourth-order valence-corrected chi connectivity index (χ4v) is 8.31. The zero-order valence-electron chi connectivity index (χ0n) is 35.9. The predicted molar refractivity (Wildman–Crippen MR) is 253 cm³/mol. The van der Waals surface area contributed by atoms with Crippen molar-refractivity contribution in [3.05, 3.63) is 187 Å². The van der Waals surface area contributed by atoms with Crippen molar-refractivity contribution < 1.29 is 5.11 Å². The second-order valence-corrected chi connectivity index (χ2v) is 18.0. The minimum atomic E-state index is -0.329. The quantitative estimate of drug-likeness (QED) is 0.175. The summed E-state index contributed by atoms with van der Waals surface area (Å²) in [4.78, 5) is 15.6. The van der Waals surface area contributed by atoms with Crippen molar-refractivity contribution >= 4 is 11.0 Å². The number of hydrogen-bond acceptors (Lipinski definition) is 4. The van der Waals surface area contributed by atoms with Crippen LogP contribution in [0.3, 0.4) is 0 Å². The van der Waals surface area contributed by atoms with E-state index in [4.69, 9.17) is 15.0 Å². The molecule has 1 N–H and O–H groups in total. The number of phenols is 1. The first-order chi connectivity index (χ1) is 29.3. The first-order valence-corrected chi connectivity index (χ1v) is 21.0. The topological polar surface area (TPSA) is 63.8 Å². The zero-order chi connectivity index (χ0) is 42.5. The number of phenolic OH excluding ortho intramolecular Hbond substituents is 1. The van der Waals surface area contributed by atoms with Crippen LogP contribution in [0.5, 0.6) is 5.75 Å². The fraction of sp³-hybridized carbons (Fsp3) is 0.161. The Morgan fingerprint density at radius 1 is 0.492 bits per heavy atom. The molecule has 300 valence electrons. The molecule has 0 spiro atoms. The van der Waals surface area contributed by atoms with Crippen molar-refractivity contribution in [3.8, 4) is 78.6 Å². The second kappa shape index (κ2) is 15.5. The van der Waals surface area contributed by atoms with Gasteiger partial charge in [-0.1, -0.05) is 157 Å². The van der Waals surface area contributed by atoms with Crippen LogP contribution in [0.1, 0.15) is 58.2 Å². The lowest BCUT2D eigenvalue weighted by Gasteiger charge is -2.27. The molecule has 0 amide bonds. The first kappa shape index (κ1) is 39.4. The van der Waals surface area contributed by atoms with E-state index in [9.17, 15) is 5.11 Å². The summed E-state index contributed by atoms with van der Waals surface area (Å²) in [5, 5.41) is 12.4. The zero-order valence-corrected chi connectivity index (χ0v) is 35.9. The van der Waals surface area contributed by atoms with Crippen molar-refractivity contribution in [2.45, 2.75) is 59.3 Å². The molecule has 0 aliphatic rings. The third-order valence-electron chi connectivity index (χ3n) is 11.7. The van der Waals surface area contributed by atoms with Gasteiger partial charge in [0.1, 0.15) is 17.1 Å². The van der Waals surface area contributed by atoms with Gasteiger partial charge >= 0.3 is 0 Å². The highest BCUT2D eigenvalue weighted by atomic mass is 16.3. The van der Waals surface area contributed by atoms with Gasteiger partial charge in [-0.2, -0.15) is 0 Å². The molecule has 61 heavy (non-hydrogen) atoms. The number of rotatable bonds is 7. The van der Waals surface area contributed by atoms with Gasteiger partial charge in [-0.05, 0) is 98.7 Å². The van der Waals surface area contributed by atoms with Gasteiger partial charge in [-0.15, -0.1) is 0 Å². The Morgan fingerprint density at radius 2 is 1.08 bits per heavy atom. The van der Waals surface area contributed by atoms with Gasteiger partial charge in [0.15, 0.2) is 0 Å². The lowest BCUT2D eigenvalue weighted by molar-refractivity contribution is 0.446. The Bertz CT molecular complexity index is 3040. The van der Waals surface area contributed by atoms with E-state index < -0.39 is 0 Å². The van der Waals surface area contributed by atoms with Crippen molar-refractivity contribution in [2.24, 2.45) is 0 Å². The fourth-order valence-electron chi connectivity index (χ4n) is 8.31. The Labute approximate surface area is 359 Å². The Kier molecular flexibility index (Phi) is 9.99. The van der Waals surface area contributed by atoms with E-state index in [2.05, 4.69) is 186 Å². The maximum absolute atomic E-state index is 12.4. The summed E-state index contributed by atoms with van der Waals surface area (Å²) >= 11 is 0. The van der Waals surface area contributed by atoms with Gasteiger partial charge < -0.3 is 5.11 Å². The van der Waals surface area contributed by atoms with Crippen LogP contribution in [0.15, 0.2) is 170 Å². The van der Waals surface area contributed by atoms with E-state index in [1.165, 1.54) is 0 Å². The largest absolute Gasteiger partial charge is 0.507 e. The van der Waals surface area contributed by atoms with Crippen molar-refractivity contribution in [3.63, 3.8) is 0 Å². The molecule has 9 rings (SSSR count). The average molecular weight is 795 g/mol. The van der Waals surface area contributed by atoms with E-state index in [0.717, 1.165) is 89.2 Å². The van der Waals surface area contributed by atoms with Crippen molar-refractivity contribution in [1.82, 2.24) is 19.5 Å². The van der Waals surface area contributed by atoms with Crippen molar-refractivity contribution in [1.29, 1.82) is 0 Å². The standard InChI is InChI=1S/C56H50N4O/c1-36-33-58-49(32-45(36)39-23-15-10-16-24-39)42-28-40(37-19-11-8-12-20-37)27-41(29-42)47-34-57-35-51-52(47)59-54(46-30-43(55(2,3)4)31-48(53(46)61)56(5,6)7)60(51)50-26-18-17-25-44(50)38-21-13-9-14-22-38/h8-35,61H,1-7H3. The van der Waals surface area contributed by atoms with Gasteiger partial charge in [0, 0.05) is 34.6 Å². The van der Waals surface area contributed by atoms with Crippen LogP contribution in [0.25, 0.3) is 83.9 Å². The Hall–Kier alpha value is -7.11. The number of hydrogen-bond donors (Lipinski definition) is 1. The number of para-hydroxylation sites is 1. The van der Waals surface area contributed by atoms with Gasteiger partial charge in [0.25, 0.3) is 0 Å². The Balaban J connectivity index is 1.35. The number of aromatic nitrogens is 4. The highest BCUT2D eigenvalue weighted by Crippen LogP contribution is 2.45. The van der Waals surface area contributed by atoms with Gasteiger partial charge in [-0.25, -0.2) is 4.98 Å². The molecular formula is C56H50N4O. The number of imidazole rings is 1. The number of aromatic hydroxyl groups is 1. The highest BCUT2D eigenvalue weighted by Gasteiger charge is 2.29. The molecule has 9 aromatic rings. The molecule has 0 bridgehead atoms. The molecular weight excluding hydrogens is 745 g/mol. The predicted octanol–water partition coefficient (Wildman–Crippen LogP) is 14.4. The summed E-state index contributed by atoms with van der Waals surface area (Å²) in [5.41, 5.74) is 16.1. The molecule has 0 saturated heterocycles. The lowest BCUT2D eigenvalue weighted by atomic mass is 9.79. The van der Waals surface area contributed by atoms with Crippen LogP contribution in [0.2, 0.25) is 0 Å². The molecule has 3 aromatic heterocycles. The average Bonchev–Trinajstić information content (AvgIpc) is 3.66. The monoisotopic (exact) mass is 794 g/mol. The number of pyridine rings is 2. The molecule has 5 heteroatoms. The molecule has 3 heterocycles. The van der Waals surface area contributed by atoms with E-state index in [-0.39, 0.29) is 16.6 Å². The second-order valence-electron chi connectivity index (χ2n) is 18.0. The maximum Gasteiger partial charge on any atom is 0.149 e. The summed E-state index contributed by atoms with van der Waals surface area (Å²) in [6, 6.07) is 53.0. The summed E-state index contributed by atoms with van der Waals surface area (Å²) in [6.07, 6.45) is 5.80. The SMILES string of the molecule is Cc1cnc(-c2cc(-c3ccccc3)cc(-c3cncc4c3nc(-c3cc(C(C)(C)C)cc(C(C)(C)C)c3O)n4-c3ccccc3-c3ccccc3)c2)cc1-c1ccccc1. The smallest absolute Gasteiger partial charge is 0.149 e. The third kappa shape index (κ3) is 7.53. The molecule has 0 aliphatic heterocycles. The summed E-state index contributed by atoms with van der Waals surface area (Å²) in [7, 11) is 0. The van der Waals surface area contributed by atoms with Crippen LogP contribution in [-0.2, 0) is 10.8 Å². The lowest BCUT2D eigenvalue weighted by Crippen LogP contribution is -2.17. The molecule has 0 saturated carbocycles. The molecule has 0 radical (unpaired) electrons. The van der Waals surface area contributed by atoms with Gasteiger partial charge in [0.05, 0.1) is 28.7 Å². The van der Waals surface area contributed by atoms with Crippen LogP contribution < -0.4 is 0 Å². The molecule has 0 fully saturated rings. The molecule has 5 nitrogen and oxygen atoms in total. The summed E-state index contributed by atoms with van der Waals surface area (Å²) < 4.78 is 2.19. The molecule has 0 atom stereocenters. The normalized spacial score (nSPS) is 11.9. The van der Waals surface area contributed by atoms with Crippen LogP contribution in [-0.4, -0.2) is 24.6 Å². The number of fused-ring (bicyclic) bond motifs is 1. The number of benzene rings is 6. The summed E-state index contributed by atoms with van der Waals surface area (Å²) in [5.74, 6) is 0.880. The third-order valence-corrected chi connectivity index (χ3v) is 11.7. The van der Waals surface area contributed by atoms with Gasteiger partial charge in [0.2, 0.25) is 0 Å². The van der Waals surface area contributed by atoms with Crippen molar-refractivity contribution in [2.75, 3.05) is 0 Å². The summed E-state index contributed by atoms with van der Waals surface area (Å²) in [6.45, 7) is 15.2. The highest BCUT2D eigenvalue weighted by molar-refractivity contribution is 5.98. The molecule has 0 unspecified atom stereocenters. The van der Waals surface area contributed by atoms with E-state index in [0.29, 0.717) is 11.4 Å². The minimum Gasteiger partial charge on any atom is -0.507 e. The Morgan fingerprint density at radius 3 is 1.74 bits per heavy atom. The van der Waals surface area contributed by atoms with Crippen LogP contribution in [0, 0.1) is 6.92 Å². The van der Waals surface area contributed by atoms with Crippen LogP contribution >= 0.6 is 0 Å². The maximum atomic E-state index is 12.4. The van der Waals surface area contributed by atoms with E-state index in [1.54, 1.807) is 0 Å². The van der Waals surface area contributed by atoms with Gasteiger partial charge in [-0.3, -0.25) is 14.5 Å². The van der Waals surface area contributed by atoms with E-state index in [1.807, 2.05) is 36.8 Å².